The van der Waals surface area contributed by atoms with Gasteiger partial charge in [-0.3, -0.25) is 4.68 Å². The minimum atomic E-state index is -3.24. The monoisotopic (exact) mass is 280 g/mol. The molecule has 19 heavy (non-hydrogen) atoms. The van der Waals surface area contributed by atoms with Gasteiger partial charge in [0, 0.05) is 19.5 Å². The van der Waals surface area contributed by atoms with Crippen molar-refractivity contribution in [2.45, 2.75) is 11.8 Å². The lowest BCUT2D eigenvalue weighted by Gasteiger charge is -2.09. The van der Waals surface area contributed by atoms with Gasteiger partial charge in [-0.25, -0.2) is 8.42 Å². The van der Waals surface area contributed by atoms with Crippen molar-refractivity contribution in [2.24, 2.45) is 7.05 Å². The molecule has 0 saturated heterocycles. The number of aromatic nitrogens is 2. The van der Waals surface area contributed by atoms with E-state index in [-0.39, 0.29) is 4.90 Å². The SMILES string of the molecule is Cc1nn(C)cc1Nc1ccc(S(C)(=O)=O)cc1N. The van der Waals surface area contributed by atoms with Crippen LogP contribution in [0.5, 0.6) is 0 Å². The lowest BCUT2D eigenvalue weighted by atomic mass is 10.2. The summed E-state index contributed by atoms with van der Waals surface area (Å²) in [6.07, 6.45) is 2.99. The highest BCUT2D eigenvalue weighted by Crippen LogP contribution is 2.27. The van der Waals surface area contributed by atoms with Crippen LogP contribution >= 0.6 is 0 Å². The van der Waals surface area contributed by atoms with Crippen LogP contribution in [0.2, 0.25) is 0 Å². The molecule has 2 aromatic rings. The number of hydrogen-bond donors (Lipinski definition) is 2. The zero-order valence-corrected chi connectivity index (χ0v) is 11.8. The van der Waals surface area contributed by atoms with Crippen molar-refractivity contribution in [1.82, 2.24) is 9.78 Å². The Morgan fingerprint density at radius 1 is 1.32 bits per heavy atom. The summed E-state index contributed by atoms with van der Waals surface area (Å²) in [5.74, 6) is 0. The van der Waals surface area contributed by atoms with Crippen LogP contribution in [-0.4, -0.2) is 24.5 Å². The predicted molar refractivity (Wildman–Crippen MR) is 75.2 cm³/mol. The number of nitrogen functional groups attached to an aromatic ring is 1. The Hall–Kier alpha value is -2.02. The van der Waals surface area contributed by atoms with Gasteiger partial charge in [-0.15, -0.1) is 0 Å². The molecule has 0 unspecified atom stereocenters. The summed E-state index contributed by atoms with van der Waals surface area (Å²) in [7, 11) is -1.42. The van der Waals surface area contributed by atoms with Gasteiger partial charge in [0.25, 0.3) is 0 Å². The minimum absolute atomic E-state index is 0.207. The van der Waals surface area contributed by atoms with Crippen molar-refractivity contribution in [1.29, 1.82) is 0 Å². The van der Waals surface area contributed by atoms with Crippen LogP contribution < -0.4 is 11.1 Å². The lowest BCUT2D eigenvalue weighted by molar-refractivity contribution is 0.602. The second-order valence-corrected chi connectivity index (χ2v) is 6.46. The highest BCUT2D eigenvalue weighted by molar-refractivity contribution is 7.90. The fourth-order valence-corrected chi connectivity index (χ4v) is 2.41. The van der Waals surface area contributed by atoms with Crippen molar-refractivity contribution < 1.29 is 8.42 Å². The largest absolute Gasteiger partial charge is 0.397 e. The van der Waals surface area contributed by atoms with Gasteiger partial charge in [-0.1, -0.05) is 0 Å². The van der Waals surface area contributed by atoms with E-state index in [0.717, 1.165) is 17.6 Å². The second-order valence-electron chi connectivity index (χ2n) is 4.45. The Labute approximate surface area is 112 Å². The number of nitrogens with zero attached hydrogens (tertiary/aromatic N) is 2. The summed E-state index contributed by atoms with van der Waals surface area (Å²) in [4.78, 5) is 0.207. The molecule has 0 atom stereocenters. The Bertz CT molecular complexity index is 719. The van der Waals surface area contributed by atoms with Crippen LogP contribution in [0.25, 0.3) is 0 Å². The molecule has 0 bridgehead atoms. The molecule has 1 heterocycles. The highest BCUT2D eigenvalue weighted by atomic mass is 32.2. The second kappa shape index (κ2) is 4.58. The Kier molecular flexibility index (Phi) is 3.23. The number of anilines is 3. The minimum Gasteiger partial charge on any atom is -0.397 e. The zero-order valence-electron chi connectivity index (χ0n) is 11.0. The van der Waals surface area contributed by atoms with Gasteiger partial charge >= 0.3 is 0 Å². The van der Waals surface area contributed by atoms with E-state index in [4.69, 9.17) is 5.73 Å². The van der Waals surface area contributed by atoms with Gasteiger partial charge in [0.2, 0.25) is 0 Å². The number of nitrogens with two attached hydrogens (primary N) is 1. The van der Waals surface area contributed by atoms with Gasteiger partial charge in [0.1, 0.15) is 0 Å². The summed E-state index contributed by atoms with van der Waals surface area (Å²) in [6.45, 7) is 1.88. The molecule has 1 aromatic heterocycles. The number of benzene rings is 1. The first-order chi connectivity index (χ1) is 8.77. The molecule has 6 nitrogen and oxygen atoms in total. The Morgan fingerprint density at radius 3 is 2.47 bits per heavy atom. The van der Waals surface area contributed by atoms with E-state index in [0.29, 0.717) is 11.4 Å². The normalized spacial score (nSPS) is 11.5. The molecular weight excluding hydrogens is 264 g/mol. The molecule has 0 aliphatic carbocycles. The molecule has 3 N–H and O–H groups in total. The number of sulfone groups is 1. The standard InChI is InChI=1S/C12H16N4O2S/c1-8-12(7-16(2)15-8)14-11-5-4-9(6-10(11)13)19(3,17)18/h4-7,14H,13H2,1-3H3. The number of nitrogens with one attached hydrogen (secondary N) is 1. The third kappa shape index (κ3) is 2.87. The van der Waals surface area contributed by atoms with Gasteiger partial charge in [-0.2, -0.15) is 5.10 Å². The predicted octanol–water partition coefficient (Wildman–Crippen LogP) is 1.46. The van der Waals surface area contributed by atoms with E-state index in [1.54, 1.807) is 10.7 Å². The molecule has 2 rings (SSSR count). The molecule has 7 heteroatoms. The number of rotatable bonds is 3. The zero-order chi connectivity index (χ0) is 14.2. The number of aryl methyl sites for hydroxylation is 2. The van der Waals surface area contributed by atoms with E-state index in [2.05, 4.69) is 10.4 Å². The Morgan fingerprint density at radius 2 is 2.00 bits per heavy atom. The van der Waals surface area contributed by atoms with Crippen LogP contribution in [0, 0.1) is 6.92 Å². The smallest absolute Gasteiger partial charge is 0.175 e. The van der Waals surface area contributed by atoms with E-state index in [1.165, 1.54) is 12.1 Å². The fraction of sp³-hybridized carbons (Fsp3) is 0.250. The molecule has 0 aliphatic heterocycles. The topological polar surface area (TPSA) is 90.0 Å². The molecule has 102 valence electrons. The van der Waals surface area contributed by atoms with E-state index >= 15 is 0 Å². The van der Waals surface area contributed by atoms with Crippen molar-refractivity contribution >= 4 is 26.9 Å². The Balaban J connectivity index is 2.35. The summed E-state index contributed by atoms with van der Waals surface area (Å²) in [6, 6.07) is 4.63. The molecule has 1 aromatic carbocycles. The summed E-state index contributed by atoms with van der Waals surface area (Å²) < 4.78 is 24.5. The highest BCUT2D eigenvalue weighted by Gasteiger charge is 2.11. The molecule has 0 saturated carbocycles. The van der Waals surface area contributed by atoms with Gasteiger partial charge in [0.15, 0.2) is 9.84 Å². The molecule has 0 aliphatic rings. The molecule has 0 spiro atoms. The van der Waals surface area contributed by atoms with Crippen LogP contribution in [0.1, 0.15) is 5.69 Å². The molecular formula is C12H16N4O2S. The van der Waals surface area contributed by atoms with Gasteiger partial charge in [-0.05, 0) is 25.1 Å². The molecule has 0 amide bonds. The average molecular weight is 280 g/mol. The van der Waals surface area contributed by atoms with Gasteiger partial charge in [0.05, 0.1) is 27.7 Å². The number of hydrogen-bond acceptors (Lipinski definition) is 5. The first-order valence-electron chi connectivity index (χ1n) is 5.64. The van der Waals surface area contributed by atoms with Crippen molar-refractivity contribution in [3.63, 3.8) is 0 Å². The summed E-state index contributed by atoms with van der Waals surface area (Å²) in [5.41, 5.74) is 8.58. The maximum absolute atomic E-state index is 11.4. The molecule has 0 radical (unpaired) electrons. The molecule has 0 fully saturated rings. The van der Waals surface area contributed by atoms with Crippen LogP contribution in [0.4, 0.5) is 17.1 Å². The quantitative estimate of drug-likeness (QED) is 0.831. The van der Waals surface area contributed by atoms with Crippen molar-refractivity contribution in [2.75, 3.05) is 17.3 Å². The summed E-state index contributed by atoms with van der Waals surface area (Å²) in [5, 5.41) is 7.35. The third-order valence-corrected chi connectivity index (χ3v) is 3.84. The van der Waals surface area contributed by atoms with Crippen molar-refractivity contribution in [3.8, 4) is 0 Å². The van der Waals surface area contributed by atoms with E-state index in [1.807, 2.05) is 20.2 Å². The van der Waals surface area contributed by atoms with E-state index in [9.17, 15) is 8.42 Å². The van der Waals surface area contributed by atoms with Crippen LogP contribution in [0.3, 0.4) is 0 Å². The van der Waals surface area contributed by atoms with Gasteiger partial charge < -0.3 is 11.1 Å². The summed E-state index contributed by atoms with van der Waals surface area (Å²) >= 11 is 0. The first-order valence-corrected chi connectivity index (χ1v) is 7.53. The maximum atomic E-state index is 11.4. The van der Waals surface area contributed by atoms with Crippen LogP contribution in [0.15, 0.2) is 29.3 Å². The first kappa shape index (κ1) is 13.4. The van der Waals surface area contributed by atoms with Crippen molar-refractivity contribution in [3.05, 3.63) is 30.1 Å². The fourth-order valence-electron chi connectivity index (χ4n) is 1.75. The third-order valence-electron chi connectivity index (χ3n) is 2.73. The lowest BCUT2D eigenvalue weighted by Crippen LogP contribution is -2.01. The van der Waals surface area contributed by atoms with E-state index < -0.39 is 9.84 Å². The average Bonchev–Trinajstić information content (AvgIpc) is 2.59. The maximum Gasteiger partial charge on any atom is 0.175 e. The van der Waals surface area contributed by atoms with Crippen LogP contribution in [-0.2, 0) is 16.9 Å².